The molecule has 1 aromatic heterocycles. The van der Waals surface area contributed by atoms with E-state index in [2.05, 4.69) is 20.6 Å². The Kier molecular flexibility index (Phi) is 3.22. The fraction of sp³-hybridized carbons (Fsp3) is 0.545. The number of amides is 2. The van der Waals surface area contributed by atoms with Crippen LogP contribution in [0.3, 0.4) is 0 Å². The molecule has 7 heteroatoms. The quantitative estimate of drug-likeness (QED) is 0.616. The van der Waals surface area contributed by atoms with Gasteiger partial charge in [-0.25, -0.2) is 9.78 Å². The predicted molar refractivity (Wildman–Crippen MR) is 62.8 cm³/mol. The molecule has 1 aromatic rings. The van der Waals surface area contributed by atoms with Crippen molar-refractivity contribution in [2.24, 2.45) is 5.41 Å². The maximum Gasteiger partial charge on any atom is 0.315 e. The van der Waals surface area contributed by atoms with Gasteiger partial charge in [0.15, 0.2) is 0 Å². The summed E-state index contributed by atoms with van der Waals surface area (Å²) in [5.41, 5.74) is -0.745. The molecular formula is C11H16N4O3. The molecule has 0 bridgehead atoms. The molecule has 7 nitrogen and oxygen atoms in total. The molecule has 1 saturated carbocycles. The Hall–Kier alpha value is -2.05. The van der Waals surface area contributed by atoms with E-state index in [9.17, 15) is 9.59 Å². The summed E-state index contributed by atoms with van der Waals surface area (Å²) in [6.45, 7) is 1.96. The number of carboxylic acids is 1. The first-order chi connectivity index (χ1) is 8.53. The van der Waals surface area contributed by atoms with Gasteiger partial charge in [0.1, 0.15) is 5.82 Å². The van der Waals surface area contributed by atoms with Crippen molar-refractivity contribution >= 4 is 12.0 Å². The van der Waals surface area contributed by atoms with Gasteiger partial charge >= 0.3 is 12.0 Å². The molecule has 1 aliphatic rings. The number of imidazole rings is 1. The molecule has 1 atom stereocenters. The van der Waals surface area contributed by atoms with Crippen LogP contribution in [0.4, 0.5) is 4.79 Å². The van der Waals surface area contributed by atoms with Gasteiger partial charge < -0.3 is 20.7 Å². The molecule has 2 amide bonds. The molecule has 0 saturated heterocycles. The number of aliphatic carboxylic acids is 1. The minimum atomic E-state index is -0.845. The van der Waals surface area contributed by atoms with E-state index in [0.29, 0.717) is 18.7 Å². The van der Waals surface area contributed by atoms with E-state index >= 15 is 0 Å². The number of aromatic amines is 1. The number of carbonyl (C=O) groups excluding carboxylic acids is 1. The Morgan fingerprint density at radius 1 is 1.61 bits per heavy atom. The lowest BCUT2D eigenvalue weighted by Crippen LogP contribution is -2.41. The fourth-order valence-corrected chi connectivity index (χ4v) is 1.70. The molecule has 1 fully saturated rings. The Balaban J connectivity index is 1.78. The van der Waals surface area contributed by atoms with Crippen molar-refractivity contribution in [3.8, 4) is 0 Å². The van der Waals surface area contributed by atoms with Gasteiger partial charge in [-0.2, -0.15) is 0 Å². The monoisotopic (exact) mass is 252 g/mol. The number of carbonyl (C=O) groups is 2. The van der Waals surface area contributed by atoms with Crippen LogP contribution < -0.4 is 10.6 Å². The first-order valence-electron chi connectivity index (χ1n) is 5.80. The zero-order valence-corrected chi connectivity index (χ0v) is 10.1. The summed E-state index contributed by atoms with van der Waals surface area (Å²) in [5.74, 6) is -0.189. The zero-order chi connectivity index (χ0) is 13.2. The Labute approximate surface area is 104 Å². The highest BCUT2D eigenvalue weighted by Crippen LogP contribution is 2.45. The van der Waals surface area contributed by atoms with Crippen molar-refractivity contribution in [1.29, 1.82) is 0 Å². The van der Waals surface area contributed by atoms with Crippen molar-refractivity contribution in [2.75, 3.05) is 6.54 Å². The SMILES string of the molecule is CC(NC(=O)NCC1(C(=O)O)CC1)c1ncc[nH]1. The van der Waals surface area contributed by atoms with Crippen LogP contribution in [0.15, 0.2) is 12.4 Å². The molecule has 4 N–H and O–H groups in total. The molecule has 1 unspecified atom stereocenters. The molecule has 0 aliphatic heterocycles. The molecule has 0 radical (unpaired) electrons. The van der Waals surface area contributed by atoms with Crippen LogP contribution in [-0.4, -0.2) is 33.6 Å². The summed E-state index contributed by atoms with van der Waals surface area (Å²) >= 11 is 0. The Bertz CT molecular complexity index is 439. The Morgan fingerprint density at radius 2 is 2.33 bits per heavy atom. The highest BCUT2D eigenvalue weighted by molar-refractivity contribution is 5.80. The topological polar surface area (TPSA) is 107 Å². The van der Waals surface area contributed by atoms with E-state index in [1.165, 1.54) is 0 Å². The number of rotatable bonds is 5. The van der Waals surface area contributed by atoms with Crippen molar-refractivity contribution in [2.45, 2.75) is 25.8 Å². The summed E-state index contributed by atoms with van der Waals surface area (Å²) in [4.78, 5) is 29.4. The molecule has 2 rings (SSSR count). The van der Waals surface area contributed by atoms with Crippen LogP contribution >= 0.6 is 0 Å². The number of carboxylic acid groups (broad SMARTS) is 1. The molecular weight excluding hydrogens is 236 g/mol. The maximum absolute atomic E-state index is 11.6. The van der Waals surface area contributed by atoms with Crippen LogP contribution in [-0.2, 0) is 4.79 Å². The number of hydrogen-bond acceptors (Lipinski definition) is 3. The second-order valence-corrected chi connectivity index (χ2v) is 4.61. The van der Waals surface area contributed by atoms with Gasteiger partial charge in [0, 0.05) is 18.9 Å². The maximum atomic E-state index is 11.6. The minimum Gasteiger partial charge on any atom is -0.481 e. The first kappa shape index (κ1) is 12.4. The Morgan fingerprint density at radius 3 is 2.83 bits per heavy atom. The van der Waals surface area contributed by atoms with Gasteiger partial charge in [-0.1, -0.05) is 0 Å². The van der Waals surface area contributed by atoms with Crippen LogP contribution in [0.2, 0.25) is 0 Å². The summed E-state index contributed by atoms with van der Waals surface area (Å²) < 4.78 is 0. The standard InChI is InChI=1S/C11H16N4O3/c1-7(8-12-4-5-13-8)15-10(18)14-6-11(2-3-11)9(16)17/h4-5,7H,2-3,6H2,1H3,(H,12,13)(H,16,17)(H2,14,15,18). The highest BCUT2D eigenvalue weighted by atomic mass is 16.4. The third-order valence-electron chi connectivity index (χ3n) is 3.17. The molecule has 1 heterocycles. The van der Waals surface area contributed by atoms with Crippen LogP contribution in [0, 0.1) is 5.41 Å². The lowest BCUT2D eigenvalue weighted by Gasteiger charge is -2.15. The van der Waals surface area contributed by atoms with Crippen molar-refractivity contribution in [3.05, 3.63) is 18.2 Å². The van der Waals surface area contributed by atoms with Crippen LogP contribution in [0.25, 0.3) is 0 Å². The van der Waals surface area contributed by atoms with Crippen molar-refractivity contribution in [1.82, 2.24) is 20.6 Å². The molecule has 0 aromatic carbocycles. The second kappa shape index (κ2) is 4.67. The summed E-state index contributed by atoms with van der Waals surface area (Å²) in [6, 6.07) is -0.633. The average Bonchev–Trinajstić information content (AvgIpc) is 2.92. The van der Waals surface area contributed by atoms with E-state index in [1.54, 1.807) is 19.3 Å². The zero-order valence-electron chi connectivity index (χ0n) is 10.1. The van der Waals surface area contributed by atoms with E-state index in [4.69, 9.17) is 5.11 Å². The van der Waals surface area contributed by atoms with E-state index in [1.807, 2.05) is 0 Å². The third-order valence-corrected chi connectivity index (χ3v) is 3.17. The summed E-state index contributed by atoms with van der Waals surface area (Å²) in [6.07, 6.45) is 4.52. The number of nitrogens with one attached hydrogen (secondary N) is 3. The highest BCUT2D eigenvalue weighted by Gasteiger charge is 2.50. The van der Waals surface area contributed by atoms with Crippen LogP contribution in [0.1, 0.15) is 31.6 Å². The second-order valence-electron chi connectivity index (χ2n) is 4.61. The van der Waals surface area contributed by atoms with E-state index < -0.39 is 11.4 Å². The molecule has 0 spiro atoms. The van der Waals surface area contributed by atoms with Crippen molar-refractivity contribution < 1.29 is 14.7 Å². The third kappa shape index (κ3) is 2.61. The summed E-state index contributed by atoms with van der Waals surface area (Å²) in [7, 11) is 0. The largest absolute Gasteiger partial charge is 0.481 e. The normalized spacial score (nSPS) is 17.8. The van der Waals surface area contributed by atoms with E-state index in [0.717, 1.165) is 0 Å². The number of aromatic nitrogens is 2. The smallest absolute Gasteiger partial charge is 0.315 e. The van der Waals surface area contributed by atoms with E-state index in [-0.39, 0.29) is 18.6 Å². The molecule has 1 aliphatic carbocycles. The van der Waals surface area contributed by atoms with Gasteiger partial charge in [-0.15, -0.1) is 0 Å². The minimum absolute atomic E-state index is 0.166. The molecule has 98 valence electrons. The van der Waals surface area contributed by atoms with Gasteiger partial charge in [0.05, 0.1) is 11.5 Å². The number of urea groups is 1. The van der Waals surface area contributed by atoms with Crippen molar-refractivity contribution in [3.63, 3.8) is 0 Å². The molecule has 18 heavy (non-hydrogen) atoms. The van der Waals surface area contributed by atoms with Gasteiger partial charge in [-0.3, -0.25) is 4.79 Å². The number of hydrogen-bond donors (Lipinski definition) is 4. The first-order valence-corrected chi connectivity index (χ1v) is 5.80. The summed E-state index contributed by atoms with van der Waals surface area (Å²) in [5, 5.41) is 14.2. The number of H-pyrrole nitrogens is 1. The van der Waals surface area contributed by atoms with Crippen LogP contribution in [0.5, 0.6) is 0 Å². The lowest BCUT2D eigenvalue weighted by atomic mass is 10.1. The lowest BCUT2D eigenvalue weighted by molar-refractivity contribution is -0.143. The van der Waals surface area contributed by atoms with Gasteiger partial charge in [0.25, 0.3) is 0 Å². The number of nitrogens with zero attached hydrogens (tertiary/aromatic N) is 1. The predicted octanol–water partition coefficient (Wildman–Crippen LogP) is 0.635. The van der Waals surface area contributed by atoms with Gasteiger partial charge in [-0.05, 0) is 19.8 Å². The van der Waals surface area contributed by atoms with Gasteiger partial charge in [0.2, 0.25) is 0 Å². The average molecular weight is 252 g/mol. The fourth-order valence-electron chi connectivity index (χ4n) is 1.70.